The Balaban J connectivity index is 2.08. The molecule has 0 bridgehead atoms. The highest BCUT2D eigenvalue weighted by Gasteiger charge is 2.27. The lowest BCUT2D eigenvalue weighted by Crippen LogP contribution is -2.42. The summed E-state index contributed by atoms with van der Waals surface area (Å²) in [7, 11) is 0. The van der Waals surface area contributed by atoms with Gasteiger partial charge in [-0.15, -0.1) is 0 Å². The minimum Gasteiger partial charge on any atom is -0.337 e. The van der Waals surface area contributed by atoms with E-state index in [4.69, 9.17) is 11.6 Å². The average Bonchev–Trinajstić information content (AvgIpc) is 2.33. The van der Waals surface area contributed by atoms with Gasteiger partial charge >= 0.3 is 0 Å². The van der Waals surface area contributed by atoms with Crippen LogP contribution in [0.5, 0.6) is 0 Å². The fourth-order valence-corrected chi connectivity index (χ4v) is 2.13. The monoisotopic (exact) mass is 253 g/mol. The number of piperidine rings is 1. The zero-order chi connectivity index (χ0) is 12.4. The molecule has 1 aromatic rings. The highest BCUT2D eigenvalue weighted by molar-refractivity contribution is 6.29. The van der Waals surface area contributed by atoms with E-state index < -0.39 is 0 Å². The molecule has 0 radical (unpaired) electrons. The molecule has 4 nitrogen and oxygen atoms in total. The Hall–Kier alpha value is -1.16. The van der Waals surface area contributed by atoms with E-state index in [1.165, 1.54) is 12.4 Å². The van der Waals surface area contributed by atoms with Crippen molar-refractivity contribution in [2.45, 2.75) is 20.3 Å². The van der Waals surface area contributed by atoms with Crippen LogP contribution in [0, 0.1) is 11.8 Å². The molecule has 92 valence electrons. The van der Waals surface area contributed by atoms with Gasteiger partial charge in [-0.25, -0.2) is 9.97 Å². The fourth-order valence-electron chi connectivity index (χ4n) is 2.03. The number of hydrogen-bond acceptors (Lipinski definition) is 3. The largest absolute Gasteiger partial charge is 0.337 e. The Morgan fingerprint density at radius 2 is 2.12 bits per heavy atom. The Morgan fingerprint density at radius 3 is 2.71 bits per heavy atom. The molecule has 1 aliphatic heterocycles. The van der Waals surface area contributed by atoms with Crippen LogP contribution in [0.25, 0.3) is 0 Å². The number of nitrogens with zero attached hydrogens (tertiary/aromatic N) is 3. The van der Waals surface area contributed by atoms with Crippen LogP contribution in [0.15, 0.2) is 12.4 Å². The Morgan fingerprint density at radius 1 is 1.35 bits per heavy atom. The molecule has 0 aromatic carbocycles. The number of amides is 1. The summed E-state index contributed by atoms with van der Waals surface area (Å²) >= 11 is 5.65. The third-order valence-electron chi connectivity index (χ3n) is 3.46. The molecular weight excluding hydrogens is 238 g/mol. The molecular formula is C12H16ClN3O. The van der Waals surface area contributed by atoms with Crippen molar-refractivity contribution in [3.63, 3.8) is 0 Å². The summed E-state index contributed by atoms with van der Waals surface area (Å²) in [6.07, 6.45) is 3.89. The summed E-state index contributed by atoms with van der Waals surface area (Å²) in [5.74, 6) is 1.16. The van der Waals surface area contributed by atoms with Crippen LogP contribution in [0.1, 0.15) is 30.8 Å². The van der Waals surface area contributed by atoms with Gasteiger partial charge in [0.05, 0.1) is 12.4 Å². The molecule has 2 rings (SSSR count). The van der Waals surface area contributed by atoms with Gasteiger partial charge in [-0.1, -0.05) is 25.4 Å². The van der Waals surface area contributed by atoms with Crippen molar-refractivity contribution in [1.82, 2.24) is 14.9 Å². The maximum Gasteiger partial charge on any atom is 0.274 e. The average molecular weight is 254 g/mol. The molecule has 2 heterocycles. The minimum atomic E-state index is -0.0482. The predicted molar refractivity (Wildman–Crippen MR) is 65.9 cm³/mol. The molecule has 1 saturated heterocycles. The Labute approximate surface area is 106 Å². The summed E-state index contributed by atoms with van der Waals surface area (Å²) in [6, 6.07) is 0. The van der Waals surface area contributed by atoms with E-state index in [9.17, 15) is 4.79 Å². The maximum absolute atomic E-state index is 12.1. The molecule has 0 aliphatic carbocycles. The molecule has 1 amide bonds. The summed E-state index contributed by atoms with van der Waals surface area (Å²) in [6.45, 7) is 6.01. The van der Waals surface area contributed by atoms with Crippen molar-refractivity contribution in [2.75, 3.05) is 13.1 Å². The second-order valence-corrected chi connectivity index (χ2v) is 5.11. The molecule has 0 N–H and O–H groups in total. The SMILES string of the molecule is CC1CCN(C(=O)c2cnc(Cl)cn2)CC1C. The first kappa shape index (κ1) is 12.3. The Kier molecular flexibility index (Phi) is 3.62. The zero-order valence-corrected chi connectivity index (χ0v) is 10.8. The van der Waals surface area contributed by atoms with Gasteiger partial charge in [0.25, 0.3) is 5.91 Å². The van der Waals surface area contributed by atoms with Crippen molar-refractivity contribution in [1.29, 1.82) is 0 Å². The molecule has 2 unspecified atom stereocenters. The lowest BCUT2D eigenvalue weighted by Gasteiger charge is -2.35. The number of carbonyl (C=O) groups excluding carboxylic acids is 1. The molecule has 5 heteroatoms. The number of carbonyl (C=O) groups is 1. The van der Waals surface area contributed by atoms with Crippen molar-refractivity contribution in [2.24, 2.45) is 11.8 Å². The van der Waals surface area contributed by atoms with Gasteiger partial charge in [-0.05, 0) is 18.3 Å². The summed E-state index contributed by atoms with van der Waals surface area (Å²) in [5.41, 5.74) is 0.371. The third-order valence-corrected chi connectivity index (χ3v) is 3.66. The van der Waals surface area contributed by atoms with Crippen LogP contribution in [0.2, 0.25) is 5.15 Å². The highest BCUT2D eigenvalue weighted by atomic mass is 35.5. The van der Waals surface area contributed by atoms with Crippen molar-refractivity contribution < 1.29 is 4.79 Å². The molecule has 1 aliphatic rings. The van der Waals surface area contributed by atoms with Gasteiger partial charge in [-0.3, -0.25) is 4.79 Å². The van der Waals surface area contributed by atoms with Crippen LogP contribution < -0.4 is 0 Å². The first-order valence-electron chi connectivity index (χ1n) is 5.84. The molecule has 1 aromatic heterocycles. The van der Waals surface area contributed by atoms with Gasteiger partial charge in [0.15, 0.2) is 0 Å². The second-order valence-electron chi connectivity index (χ2n) is 4.72. The summed E-state index contributed by atoms with van der Waals surface area (Å²) < 4.78 is 0. The first-order valence-corrected chi connectivity index (χ1v) is 6.22. The lowest BCUT2D eigenvalue weighted by molar-refractivity contribution is 0.0621. The predicted octanol–water partition coefficient (Wildman–Crippen LogP) is 2.25. The normalized spacial score (nSPS) is 24.8. The number of hydrogen-bond donors (Lipinski definition) is 0. The summed E-state index contributed by atoms with van der Waals surface area (Å²) in [4.78, 5) is 21.9. The third kappa shape index (κ3) is 2.75. The smallest absolute Gasteiger partial charge is 0.274 e. The van der Waals surface area contributed by atoms with Crippen molar-refractivity contribution >= 4 is 17.5 Å². The maximum atomic E-state index is 12.1. The van der Waals surface area contributed by atoms with E-state index in [1.807, 2.05) is 4.90 Å². The van der Waals surface area contributed by atoms with Crippen LogP contribution in [0.4, 0.5) is 0 Å². The van der Waals surface area contributed by atoms with Crippen molar-refractivity contribution in [3.8, 4) is 0 Å². The van der Waals surface area contributed by atoms with Crippen LogP contribution >= 0.6 is 11.6 Å². The van der Waals surface area contributed by atoms with E-state index in [0.717, 1.165) is 19.5 Å². The van der Waals surface area contributed by atoms with Crippen molar-refractivity contribution in [3.05, 3.63) is 23.2 Å². The summed E-state index contributed by atoms with van der Waals surface area (Å²) in [5, 5.41) is 0.308. The molecule has 0 saturated carbocycles. The highest BCUT2D eigenvalue weighted by Crippen LogP contribution is 2.23. The van der Waals surface area contributed by atoms with Gasteiger partial charge in [0.1, 0.15) is 10.8 Å². The van der Waals surface area contributed by atoms with Gasteiger partial charge in [0.2, 0.25) is 0 Å². The van der Waals surface area contributed by atoms with Crippen LogP contribution in [-0.4, -0.2) is 33.9 Å². The molecule has 1 fully saturated rings. The Bertz CT molecular complexity index is 407. The van der Waals surface area contributed by atoms with Gasteiger partial charge < -0.3 is 4.90 Å². The minimum absolute atomic E-state index is 0.0482. The van der Waals surface area contributed by atoms with Crippen LogP contribution in [0.3, 0.4) is 0 Å². The van der Waals surface area contributed by atoms with Gasteiger partial charge in [-0.2, -0.15) is 0 Å². The van der Waals surface area contributed by atoms with E-state index >= 15 is 0 Å². The zero-order valence-electron chi connectivity index (χ0n) is 10.1. The van der Waals surface area contributed by atoms with E-state index in [2.05, 4.69) is 23.8 Å². The van der Waals surface area contributed by atoms with Gasteiger partial charge in [0, 0.05) is 13.1 Å². The molecule has 0 spiro atoms. The lowest BCUT2D eigenvalue weighted by atomic mass is 9.88. The standard InChI is InChI=1S/C12H16ClN3O/c1-8-3-4-16(7-9(8)2)12(17)10-5-15-11(13)6-14-10/h5-6,8-9H,3-4,7H2,1-2H3. The fraction of sp³-hybridized carbons (Fsp3) is 0.583. The quantitative estimate of drug-likeness (QED) is 0.771. The number of aromatic nitrogens is 2. The number of halogens is 1. The topological polar surface area (TPSA) is 46.1 Å². The molecule has 17 heavy (non-hydrogen) atoms. The second kappa shape index (κ2) is 5.00. The van der Waals surface area contributed by atoms with E-state index in [0.29, 0.717) is 22.7 Å². The van der Waals surface area contributed by atoms with E-state index in [1.54, 1.807) is 0 Å². The van der Waals surface area contributed by atoms with E-state index in [-0.39, 0.29) is 5.91 Å². The first-order chi connectivity index (χ1) is 8.08. The number of likely N-dealkylation sites (tertiary alicyclic amines) is 1. The molecule has 2 atom stereocenters. The number of rotatable bonds is 1. The van der Waals surface area contributed by atoms with Crippen LogP contribution in [-0.2, 0) is 0 Å².